The highest BCUT2D eigenvalue weighted by Gasteiger charge is 2.19. The van der Waals surface area contributed by atoms with Gasteiger partial charge < -0.3 is 5.11 Å². The van der Waals surface area contributed by atoms with E-state index in [-0.39, 0.29) is 10.0 Å². The zero-order valence-electron chi connectivity index (χ0n) is 9.92. The fourth-order valence-corrected chi connectivity index (χ4v) is 2.65. The first-order valence-electron chi connectivity index (χ1n) is 5.48. The van der Waals surface area contributed by atoms with E-state index in [1.54, 1.807) is 19.1 Å². The van der Waals surface area contributed by atoms with E-state index in [1.807, 2.05) is 6.07 Å². The molecule has 2 rings (SSSR count). The summed E-state index contributed by atoms with van der Waals surface area (Å²) in [5.41, 5.74) is 1.26. The number of aliphatic hydroxyl groups excluding tert-OH is 1. The second-order valence-electron chi connectivity index (χ2n) is 4.19. The van der Waals surface area contributed by atoms with Crippen molar-refractivity contribution in [2.75, 3.05) is 0 Å². The molecule has 5 heteroatoms. The van der Waals surface area contributed by atoms with Crippen molar-refractivity contribution in [1.29, 1.82) is 0 Å². The van der Waals surface area contributed by atoms with Crippen LogP contribution in [0.15, 0.2) is 39.3 Å². The van der Waals surface area contributed by atoms with E-state index >= 15 is 0 Å². The zero-order valence-corrected chi connectivity index (χ0v) is 13.1. The summed E-state index contributed by atoms with van der Waals surface area (Å²) in [6.45, 7) is 1.80. The molecule has 100 valence electrons. The molecule has 2 aromatic rings. The Kier molecular flexibility index (Phi) is 4.38. The van der Waals surface area contributed by atoms with E-state index in [2.05, 4.69) is 31.9 Å². The molecule has 0 heterocycles. The monoisotopic (exact) mass is 390 g/mol. The molecule has 0 aliphatic carbocycles. The first-order chi connectivity index (χ1) is 8.90. The van der Waals surface area contributed by atoms with Crippen LogP contribution in [0.3, 0.4) is 0 Å². The fraction of sp³-hybridized carbons (Fsp3) is 0.143. The third kappa shape index (κ3) is 3.04. The molecule has 0 saturated heterocycles. The number of halogens is 4. The van der Waals surface area contributed by atoms with Gasteiger partial charge in [0.1, 0.15) is 17.7 Å². The Balaban J connectivity index is 2.49. The van der Waals surface area contributed by atoms with E-state index in [0.29, 0.717) is 5.56 Å². The molecule has 0 aliphatic heterocycles. The van der Waals surface area contributed by atoms with E-state index in [1.165, 1.54) is 0 Å². The van der Waals surface area contributed by atoms with Crippen LogP contribution in [-0.2, 0) is 0 Å². The summed E-state index contributed by atoms with van der Waals surface area (Å²) in [5, 5.41) is 10.2. The predicted molar refractivity (Wildman–Crippen MR) is 77.0 cm³/mol. The largest absolute Gasteiger partial charge is 0.384 e. The molecule has 1 N–H and O–H groups in total. The van der Waals surface area contributed by atoms with Crippen LogP contribution >= 0.6 is 31.9 Å². The molecule has 1 atom stereocenters. The molecular weight excluding hydrogens is 382 g/mol. The van der Waals surface area contributed by atoms with Gasteiger partial charge >= 0.3 is 0 Å². The summed E-state index contributed by atoms with van der Waals surface area (Å²) in [6.07, 6.45) is -1.20. The third-order valence-electron chi connectivity index (χ3n) is 2.86. The Labute approximate surface area is 126 Å². The number of benzene rings is 2. The maximum atomic E-state index is 13.8. The van der Waals surface area contributed by atoms with Gasteiger partial charge in [-0.15, -0.1) is 0 Å². The predicted octanol–water partition coefficient (Wildman–Crippen LogP) is 4.88. The first-order valence-corrected chi connectivity index (χ1v) is 7.07. The lowest BCUT2D eigenvalue weighted by molar-refractivity contribution is 0.213. The average Bonchev–Trinajstić information content (AvgIpc) is 2.33. The van der Waals surface area contributed by atoms with Crippen LogP contribution in [0.25, 0.3) is 0 Å². The van der Waals surface area contributed by atoms with Gasteiger partial charge in [-0.2, -0.15) is 0 Å². The molecule has 0 aliphatic rings. The Morgan fingerprint density at radius 3 is 2.32 bits per heavy atom. The summed E-state index contributed by atoms with van der Waals surface area (Å²) in [5.74, 6) is -1.26. The van der Waals surface area contributed by atoms with Gasteiger partial charge in [-0.3, -0.25) is 0 Å². The third-order valence-corrected chi connectivity index (χ3v) is 3.96. The molecule has 0 bridgehead atoms. The number of aliphatic hydroxyl groups is 1. The van der Waals surface area contributed by atoms with Crippen molar-refractivity contribution in [3.63, 3.8) is 0 Å². The summed E-state index contributed by atoms with van der Waals surface area (Å²) in [4.78, 5) is 0. The Morgan fingerprint density at radius 2 is 1.68 bits per heavy atom. The van der Waals surface area contributed by atoms with Gasteiger partial charge in [-0.1, -0.05) is 22.0 Å². The van der Waals surface area contributed by atoms with Crippen LogP contribution < -0.4 is 0 Å². The van der Waals surface area contributed by atoms with E-state index in [0.717, 1.165) is 22.2 Å². The van der Waals surface area contributed by atoms with Crippen LogP contribution in [0, 0.1) is 18.6 Å². The van der Waals surface area contributed by atoms with Crippen molar-refractivity contribution in [3.05, 3.63) is 67.6 Å². The van der Waals surface area contributed by atoms with E-state index < -0.39 is 17.7 Å². The van der Waals surface area contributed by atoms with Gasteiger partial charge in [0, 0.05) is 10.0 Å². The molecule has 0 radical (unpaired) electrons. The van der Waals surface area contributed by atoms with Crippen LogP contribution in [-0.4, -0.2) is 5.11 Å². The zero-order chi connectivity index (χ0) is 14.2. The molecule has 0 amide bonds. The highest BCUT2D eigenvalue weighted by atomic mass is 79.9. The van der Waals surface area contributed by atoms with Crippen molar-refractivity contribution >= 4 is 31.9 Å². The number of hydrogen-bond donors (Lipinski definition) is 1. The Bertz CT molecular complexity index is 629. The lowest BCUT2D eigenvalue weighted by Crippen LogP contribution is -2.05. The smallest absolute Gasteiger partial charge is 0.137 e. The molecule has 0 spiro atoms. The summed E-state index contributed by atoms with van der Waals surface area (Å²) >= 11 is 6.22. The highest BCUT2D eigenvalue weighted by Crippen LogP contribution is 2.30. The molecule has 2 aromatic carbocycles. The minimum absolute atomic E-state index is 0.0356. The number of hydrogen-bond acceptors (Lipinski definition) is 1. The second kappa shape index (κ2) is 5.69. The van der Waals surface area contributed by atoms with Crippen LogP contribution in [0.5, 0.6) is 0 Å². The van der Waals surface area contributed by atoms with E-state index in [4.69, 9.17) is 0 Å². The lowest BCUT2D eigenvalue weighted by atomic mass is 9.97. The van der Waals surface area contributed by atoms with Gasteiger partial charge in [0.25, 0.3) is 0 Å². The number of rotatable bonds is 2. The molecule has 19 heavy (non-hydrogen) atoms. The van der Waals surface area contributed by atoms with Gasteiger partial charge in [0.2, 0.25) is 0 Å². The van der Waals surface area contributed by atoms with Crippen molar-refractivity contribution < 1.29 is 13.9 Å². The normalized spacial score (nSPS) is 12.5. The minimum Gasteiger partial charge on any atom is -0.384 e. The topological polar surface area (TPSA) is 20.2 Å². The lowest BCUT2D eigenvalue weighted by Gasteiger charge is -2.15. The molecule has 0 aromatic heterocycles. The maximum absolute atomic E-state index is 13.8. The van der Waals surface area contributed by atoms with Gasteiger partial charge in [-0.25, -0.2) is 8.78 Å². The van der Waals surface area contributed by atoms with Gasteiger partial charge in [-0.05, 0) is 58.2 Å². The molecule has 0 saturated carbocycles. The van der Waals surface area contributed by atoms with Crippen LogP contribution in [0.4, 0.5) is 8.78 Å². The van der Waals surface area contributed by atoms with Crippen molar-refractivity contribution in [1.82, 2.24) is 0 Å². The molecule has 1 unspecified atom stereocenters. The summed E-state index contributed by atoms with van der Waals surface area (Å²) in [7, 11) is 0. The first kappa shape index (κ1) is 14.6. The minimum atomic E-state index is -1.20. The van der Waals surface area contributed by atoms with Gasteiger partial charge in [0.15, 0.2) is 0 Å². The number of aryl methyl sites for hydroxylation is 1. The van der Waals surface area contributed by atoms with Crippen molar-refractivity contribution in [2.24, 2.45) is 0 Å². The molecular formula is C14H10Br2F2O. The van der Waals surface area contributed by atoms with Crippen LogP contribution in [0.1, 0.15) is 22.8 Å². The highest BCUT2D eigenvalue weighted by molar-refractivity contribution is 9.10. The maximum Gasteiger partial charge on any atom is 0.137 e. The average molecular weight is 392 g/mol. The molecule has 1 nitrogen and oxygen atoms in total. The SMILES string of the molecule is Cc1cc(Br)ccc1C(O)c1cc(F)c(Br)cc1F. The fourth-order valence-electron chi connectivity index (χ4n) is 1.86. The van der Waals surface area contributed by atoms with Crippen LogP contribution in [0.2, 0.25) is 0 Å². The summed E-state index contributed by atoms with van der Waals surface area (Å²) in [6, 6.07) is 7.27. The molecule has 0 fully saturated rings. The Hall–Kier alpha value is -0.780. The van der Waals surface area contributed by atoms with E-state index in [9.17, 15) is 13.9 Å². The van der Waals surface area contributed by atoms with Crippen molar-refractivity contribution in [2.45, 2.75) is 13.0 Å². The Morgan fingerprint density at radius 1 is 1.00 bits per heavy atom. The summed E-state index contributed by atoms with van der Waals surface area (Å²) < 4.78 is 28.2. The second-order valence-corrected chi connectivity index (χ2v) is 5.96. The van der Waals surface area contributed by atoms with Gasteiger partial charge in [0.05, 0.1) is 4.47 Å². The standard InChI is InChI=1S/C14H10Br2F2O/c1-7-4-8(15)2-3-9(7)14(19)10-5-13(18)11(16)6-12(10)17/h2-6,14,19H,1H3. The quantitative estimate of drug-likeness (QED) is 0.723. The van der Waals surface area contributed by atoms with Crippen molar-refractivity contribution in [3.8, 4) is 0 Å².